The number of guanidine groups is 2. The van der Waals surface area contributed by atoms with E-state index in [1.165, 1.54) is 19.2 Å². The van der Waals surface area contributed by atoms with Crippen LogP contribution in [0.25, 0.3) is 0 Å². The molecule has 0 saturated heterocycles. The minimum atomic E-state index is -5.30. The molecule has 4 atom stereocenters. The molecule has 25 heteroatoms. The molecule has 0 saturated carbocycles. The number of hydrogen-bond acceptors (Lipinski definition) is 13. The first-order valence-corrected chi connectivity index (χ1v) is 16.3. The second-order valence-corrected chi connectivity index (χ2v) is 12.5. The lowest BCUT2D eigenvalue weighted by atomic mass is 9.87. The normalized spacial score (nSPS) is 14.0. The van der Waals surface area contributed by atoms with Gasteiger partial charge in [0.15, 0.2) is 22.9 Å². The van der Waals surface area contributed by atoms with Gasteiger partial charge in [0.2, 0.25) is 5.91 Å². The zero-order chi connectivity index (χ0) is 38.2. The van der Waals surface area contributed by atoms with Crippen LogP contribution in [0.1, 0.15) is 31.7 Å². The van der Waals surface area contributed by atoms with Gasteiger partial charge in [-0.3, -0.25) is 44.7 Å². The molecule has 0 radical (unpaired) electrons. The Balaban J connectivity index is 4.05. The van der Waals surface area contributed by atoms with Crippen molar-refractivity contribution >= 4 is 43.2 Å². The topological polar surface area (TPSA) is 384 Å². The largest absolute Gasteiger partial charge is 0.460 e. The van der Waals surface area contributed by atoms with Crippen LogP contribution in [0.4, 0.5) is 0 Å². The first kappa shape index (κ1) is 42.6. The fraction of sp³-hybridized carbons (Fsp3) is 0.520. The van der Waals surface area contributed by atoms with Crippen LogP contribution in [0.3, 0.4) is 0 Å². The molecule has 1 unspecified atom stereocenters. The van der Waals surface area contributed by atoms with E-state index in [9.17, 15) is 53.8 Å². The Labute approximate surface area is 284 Å². The molecule has 1 aromatic carbocycles. The van der Waals surface area contributed by atoms with Gasteiger partial charge >= 0.3 is 31.0 Å². The maximum Gasteiger partial charge on any atom is 0.443 e. The maximum absolute atomic E-state index is 14.1. The molecular weight excluding hydrogens is 691 g/mol. The predicted octanol–water partition coefficient (Wildman–Crippen LogP) is -3.18. The number of carbonyl (C=O) groups excluding carboxylic acids is 4. The summed E-state index contributed by atoms with van der Waals surface area (Å²) in [6, 6.07) is 5.71. The Morgan fingerprint density at radius 1 is 1.02 bits per heavy atom. The van der Waals surface area contributed by atoms with Gasteiger partial charge in [-0.2, -0.15) is 0 Å². The van der Waals surface area contributed by atoms with Gasteiger partial charge in [-0.15, -0.1) is 0 Å². The number of carbonyl (C=O) groups is 4. The number of hydrazine groups is 1. The second-order valence-electron chi connectivity index (χ2n) is 10.5. The highest BCUT2D eigenvalue weighted by Gasteiger charge is 2.73. The summed E-state index contributed by atoms with van der Waals surface area (Å²) in [6.07, 6.45) is -1.59. The molecule has 1 rings (SSSR count). The summed E-state index contributed by atoms with van der Waals surface area (Å²) in [5.74, 6) is -12.7. The van der Waals surface area contributed by atoms with Gasteiger partial charge in [-0.05, 0) is 38.8 Å². The van der Waals surface area contributed by atoms with Crippen LogP contribution >= 0.6 is 7.60 Å². The van der Waals surface area contributed by atoms with Crippen molar-refractivity contribution in [2.24, 2.45) is 17.4 Å². The molecular formula is C25H41N12O12P. The van der Waals surface area contributed by atoms with Crippen LogP contribution in [-0.2, 0) is 35.1 Å². The molecule has 24 nitrogen and oxygen atoms in total. The van der Waals surface area contributed by atoms with E-state index >= 15 is 0 Å². The Hall–Kier alpha value is -5.45. The molecule has 0 fully saturated rings. The number of benzene rings is 1. The SMILES string of the molecule is CNCC(=O)N[C@@H](CCCNC(=N)N)C(=O)N([N+](=O)[O-])[C@](C(=O)N[C@@H](C)P(=O)(O)O)(C(CCNC(=N)N)C(=O)OCc1ccccc1)[N+](=O)[O-]. The first-order valence-electron chi connectivity index (χ1n) is 14.6. The van der Waals surface area contributed by atoms with Crippen molar-refractivity contribution in [3.63, 3.8) is 0 Å². The highest BCUT2D eigenvalue weighted by Crippen LogP contribution is 2.40. The number of hydrogen-bond donors (Lipinski definition) is 11. The van der Waals surface area contributed by atoms with E-state index in [-0.39, 0.29) is 13.0 Å². The molecule has 13 N–H and O–H groups in total. The summed E-state index contributed by atoms with van der Waals surface area (Å²) >= 11 is 0. The molecule has 0 aromatic heterocycles. The molecule has 50 heavy (non-hydrogen) atoms. The number of nitrogens with two attached hydrogens (primary N) is 2. The average Bonchev–Trinajstić information content (AvgIpc) is 3.01. The third-order valence-electron chi connectivity index (χ3n) is 6.85. The zero-order valence-electron chi connectivity index (χ0n) is 27.0. The van der Waals surface area contributed by atoms with Crippen LogP contribution in [0, 0.1) is 37.0 Å². The van der Waals surface area contributed by atoms with E-state index in [1.807, 2.05) is 0 Å². The average molecular weight is 733 g/mol. The van der Waals surface area contributed by atoms with Crippen LogP contribution in [0.2, 0.25) is 0 Å². The lowest BCUT2D eigenvalue weighted by Crippen LogP contribution is -2.74. The van der Waals surface area contributed by atoms with Crippen molar-refractivity contribution < 1.29 is 48.2 Å². The quantitative estimate of drug-likeness (QED) is 0.00867. The van der Waals surface area contributed by atoms with Crippen molar-refractivity contribution in [3.05, 3.63) is 56.1 Å². The minimum Gasteiger partial charge on any atom is -0.460 e. The van der Waals surface area contributed by atoms with Gasteiger partial charge in [0, 0.05) is 18.1 Å². The summed E-state index contributed by atoms with van der Waals surface area (Å²) in [4.78, 5) is 97.9. The third-order valence-corrected chi connectivity index (χ3v) is 7.99. The predicted molar refractivity (Wildman–Crippen MR) is 172 cm³/mol. The van der Waals surface area contributed by atoms with Crippen LogP contribution < -0.4 is 38.1 Å². The van der Waals surface area contributed by atoms with Crippen LogP contribution in [-0.4, -0.2) is 105 Å². The summed E-state index contributed by atoms with van der Waals surface area (Å²) in [5, 5.41) is 49.0. The van der Waals surface area contributed by atoms with E-state index in [0.717, 1.165) is 0 Å². The lowest BCUT2D eigenvalue weighted by Gasteiger charge is -2.34. The van der Waals surface area contributed by atoms with Crippen molar-refractivity contribution in [1.29, 1.82) is 10.8 Å². The number of nitro groups is 2. The third kappa shape index (κ3) is 12.2. The number of ether oxygens (including phenoxy) is 1. The number of nitrogens with one attached hydrogen (secondary N) is 7. The van der Waals surface area contributed by atoms with E-state index in [0.29, 0.717) is 12.5 Å². The summed E-state index contributed by atoms with van der Waals surface area (Å²) in [5.41, 5.74) is 6.71. The van der Waals surface area contributed by atoms with E-state index < -0.39 is 114 Å². The monoisotopic (exact) mass is 732 g/mol. The van der Waals surface area contributed by atoms with E-state index in [2.05, 4.69) is 21.3 Å². The minimum absolute atomic E-state index is 0.120. The van der Waals surface area contributed by atoms with Gasteiger partial charge < -0.3 is 52.6 Å². The van der Waals surface area contributed by atoms with Gasteiger partial charge in [0.25, 0.3) is 0 Å². The molecule has 0 aliphatic carbocycles. The first-order chi connectivity index (χ1) is 23.3. The standard InChI is InChI=1S/C25H41N12O12P/c1-15(50(46,47)48)33-22(41)25(36(42)43,17(10-12-32-24(28)29)21(40)49-14-16-7-4-3-5-8-16)35(37(44)45)20(39)18(34-19(38)13-30-2)9-6-11-31-23(26)27/h3-5,7-8,15,17-18,30H,6,9-14H2,1-2H3,(H,33,41)(H,34,38)(H4,26,27,31)(H4,28,29,32)(H2,46,47,48)/t15-,17?,18+,25-/m1/s1. The van der Waals surface area contributed by atoms with Crippen molar-refractivity contribution in [2.45, 2.75) is 50.3 Å². The summed E-state index contributed by atoms with van der Waals surface area (Å²) in [6.45, 7) is -1.07. The zero-order valence-corrected chi connectivity index (χ0v) is 27.9. The van der Waals surface area contributed by atoms with Gasteiger partial charge in [0.05, 0.1) is 11.5 Å². The van der Waals surface area contributed by atoms with E-state index in [4.69, 9.17) is 27.0 Å². The summed E-state index contributed by atoms with van der Waals surface area (Å²) in [7, 11) is -3.95. The molecule has 0 heterocycles. The fourth-order valence-corrected chi connectivity index (χ4v) is 4.73. The van der Waals surface area contributed by atoms with E-state index in [1.54, 1.807) is 23.5 Å². The summed E-state index contributed by atoms with van der Waals surface area (Å²) < 4.78 is 17.2. The van der Waals surface area contributed by atoms with Crippen molar-refractivity contribution in [1.82, 2.24) is 31.6 Å². The van der Waals surface area contributed by atoms with Gasteiger partial charge in [-0.1, -0.05) is 30.3 Å². The van der Waals surface area contributed by atoms with Crippen molar-refractivity contribution in [2.75, 3.05) is 26.7 Å². The van der Waals surface area contributed by atoms with Gasteiger partial charge in [0.1, 0.15) is 18.4 Å². The highest BCUT2D eigenvalue weighted by molar-refractivity contribution is 7.52. The Morgan fingerprint density at radius 2 is 1.60 bits per heavy atom. The highest BCUT2D eigenvalue weighted by atomic mass is 31.2. The lowest BCUT2D eigenvalue weighted by molar-refractivity contribution is -0.736. The Kier molecular flexibility index (Phi) is 16.6. The Morgan fingerprint density at radius 3 is 2.10 bits per heavy atom. The number of amides is 3. The Bertz CT molecular complexity index is 1460. The number of rotatable bonds is 21. The van der Waals surface area contributed by atoms with Gasteiger partial charge in [-0.25, -0.2) is 10.1 Å². The maximum atomic E-state index is 14.1. The molecule has 0 bridgehead atoms. The number of nitrogens with zero attached hydrogens (tertiary/aromatic N) is 3. The fourth-order valence-electron chi connectivity index (χ4n) is 4.45. The molecule has 278 valence electrons. The molecule has 0 aliphatic rings. The number of likely N-dealkylation sites (N-methyl/N-ethyl adjacent to an activating group) is 1. The molecule has 0 aliphatic heterocycles. The molecule has 1 aromatic rings. The smallest absolute Gasteiger partial charge is 0.443 e. The van der Waals surface area contributed by atoms with Crippen LogP contribution in [0.5, 0.6) is 0 Å². The molecule has 0 spiro atoms. The number of esters is 1. The second kappa shape index (κ2) is 19.5. The van der Waals surface area contributed by atoms with Crippen LogP contribution in [0.15, 0.2) is 30.3 Å². The molecule has 3 amide bonds. The van der Waals surface area contributed by atoms with Crippen molar-refractivity contribution in [3.8, 4) is 0 Å².